The van der Waals surface area contributed by atoms with Crippen molar-refractivity contribution in [3.8, 4) is 11.1 Å². The molecule has 1 aliphatic carbocycles. The summed E-state index contributed by atoms with van der Waals surface area (Å²) in [5.74, 6) is 1.62. The molecule has 1 aliphatic heterocycles. The topological polar surface area (TPSA) is 83.6 Å². The SMILES string of the molecule is CC1CC1.[CH2-]CC(CCC)CN1C(=O)C(C)(c2cccc(-c3cc(C)ccc3CNCc3ccncc3)c2)N=C1N.[CH3-].[K+]. The molecule has 2 atom stereocenters. The maximum absolute atomic E-state index is 13.6. The molecule has 0 saturated heterocycles. The molecular weight excluding hydrogens is 558 g/mol. The van der Waals surface area contributed by atoms with E-state index in [4.69, 9.17) is 10.7 Å². The Morgan fingerprint density at radius 3 is 2.44 bits per heavy atom. The van der Waals surface area contributed by atoms with Gasteiger partial charge in [-0.2, -0.15) is 6.42 Å². The first-order valence-electron chi connectivity index (χ1n) is 15.0. The molecule has 1 amide bonds. The quantitative estimate of drug-likeness (QED) is 0.253. The molecular formula is C36H49KN5O-. The number of nitrogens with two attached hydrogens (primary N) is 1. The number of nitrogens with zero attached hydrogens (tertiary/aromatic N) is 3. The normalized spacial score (nSPS) is 18.1. The number of carbonyl (C=O) groups is 1. The van der Waals surface area contributed by atoms with Crippen LogP contribution in [0.5, 0.6) is 0 Å². The first-order chi connectivity index (χ1) is 19.7. The Morgan fingerprint density at radius 1 is 1.12 bits per heavy atom. The molecule has 1 fully saturated rings. The standard InChI is InChI=1S/C31H38N5O.C4H8.CH3.K/c1-5-8-23(6-2)21-36-29(37)31(4,35-30(36)32)27-10-7-9-25(18-27)28-17-22(3)11-12-26(28)20-34-19-24-13-15-33-16-14-24;1-4-2-3-4;;/h7,9-18,23,34H,2,5-6,8,19-21H2,1,3-4H3,(H2,32,35);4H,2-3H2,1H3;1H3;/q-1;;-1;+1. The summed E-state index contributed by atoms with van der Waals surface area (Å²) in [6, 6.07) is 18.7. The van der Waals surface area contributed by atoms with E-state index in [1.807, 2.05) is 43.6 Å². The molecule has 2 aliphatic rings. The van der Waals surface area contributed by atoms with Gasteiger partial charge in [-0.1, -0.05) is 87.4 Å². The first kappa shape index (κ1) is 37.3. The van der Waals surface area contributed by atoms with E-state index in [0.29, 0.717) is 18.4 Å². The van der Waals surface area contributed by atoms with Gasteiger partial charge < -0.3 is 25.4 Å². The maximum Gasteiger partial charge on any atom is 1.00 e. The van der Waals surface area contributed by atoms with Crippen molar-refractivity contribution in [3.05, 3.63) is 104 Å². The van der Waals surface area contributed by atoms with Gasteiger partial charge in [0.2, 0.25) is 0 Å². The van der Waals surface area contributed by atoms with Crippen molar-refractivity contribution in [2.24, 2.45) is 22.6 Å². The Hall–Kier alpha value is -1.87. The molecule has 2 unspecified atom stereocenters. The fourth-order valence-electron chi connectivity index (χ4n) is 5.17. The summed E-state index contributed by atoms with van der Waals surface area (Å²) in [6.45, 7) is 14.5. The molecule has 0 radical (unpaired) electrons. The molecule has 2 aromatic carbocycles. The number of hydrogen-bond donors (Lipinski definition) is 2. The number of guanidine groups is 1. The van der Waals surface area contributed by atoms with Gasteiger partial charge >= 0.3 is 51.4 Å². The average molecular weight is 607 g/mol. The van der Waals surface area contributed by atoms with Crippen LogP contribution in [0.2, 0.25) is 0 Å². The van der Waals surface area contributed by atoms with Crippen LogP contribution in [-0.2, 0) is 23.4 Å². The van der Waals surface area contributed by atoms with E-state index in [1.54, 1.807) is 4.90 Å². The smallest absolute Gasteiger partial charge is 0.369 e. The second-order valence-electron chi connectivity index (χ2n) is 11.8. The van der Waals surface area contributed by atoms with Crippen molar-refractivity contribution in [1.29, 1.82) is 0 Å². The van der Waals surface area contributed by atoms with Crippen molar-refractivity contribution in [1.82, 2.24) is 15.2 Å². The molecule has 226 valence electrons. The summed E-state index contributed by atoms with van der Waals surface area (Å²) in [4.78, 5) is 24.1. The zero-order valence-electron chi connectivity index (χ0n) is 27.2. The summed E-state index contributed by atoms with van der Waals surface area (Å²) in [6.07, 6.45) is 9.42. The Balaban J connectivity index is 0.000000993. The average Bonchev–Trinajstić information content (AvgIpc) is 3.74. The fraction of sp³-hybridized carbons (Fsp3) is 0.417. The number of rotatable bonds is 11. The van der Waals surface area contributed by atoms with Gasteiger partial charge in [0.15, 0.2) is 11.5 Å². The zero-order chi connectivity index (χ0) is 29.4. The van der Waals surface area contributed by atoms with Crippen LogP contribution in [0.4, 0.5) is 0 Å². The van der Waals surface area contributed by atoms with Crippen molar-refractivity contribution in [2.75, 3.05) is 6.54 Å². The number of aromatic nitrogens is 1. The van der Waals surface area contributed by atoms with Crippen LogP contribution in [-0.4, -0.2) is 28.3 Å². The summed E-state index contributed by atoms with van der Waals surface area (Å²) < 4.78 is 0. The molecule has 0 bridgehead atoms. The predicted molar refractivity (Wildman–Crippen MR) is 175 cm³/mol. The van der Waals surface area contributed by atoms with E-state index in [2.05, 4.69) is 68.3 Å². The second kappa shape index (κ2) is 17.6. The van der Waals surface area contributed by atoms with Gasteiger partial charge in [0.25, 0.3) is 5.91 Å². The van der Waals surface area contributed by atoms with Gasteiger partial charge in [0, 0.05) is 32.0 Å². The van der Waals surface area contributed by atoms with E-state index in [9.17, 15) is 4.79 Å². The third kappa shape index (κ3) is 10.1. The van der Waals surface area contributed by atoms with Gasteiger partial charge in [-0.15, -0.1) is 0 Å². The van der Waals surface area contributed by atoms with Crippen LogP contribution < -0.4 is 62.4 Å². The number of aliphatic imine (C=N–C) groups is 1. The molecule has 0 spiro atoms. The molecule has 3 N–H and O–H groups in total. The molecule has 1 aromatic heterocycles. The van der Waals surface area contributed by atoms with Crippen molar-refractivity contribution < 1.29 is 56.2 Å². The third-order valence-electron chi connectivity index (χ3n) is 8.08. The van der Waals surface area contributed by atoms with Gasteiger partial charge in [0.1, 0.15) is 0 Å². The van der Waals surface area contributed by atoms with Crippen LogP contribution in [0.25, 0.3) is 11.1 Å². The minimum Gasteiger partial charge on any atom is -0.369 e. The third-order valence-corrected chi connectivity index (χ3v) is 8.08. The molecule has 3 aromatic rings. The molecule has 1 saturated carbocycles. The van der Waals surface area contributed by atoms with Gasteiger partial charge in [-0.3, -0.25) is 14.7 Å². The second-order valence-corrected chi connectivity index (χ2v) is 11.8. The minimum absolute atomic E-state index is 0. The largest absolute Gasteiger partial charge is 1.00 e. The number of pyridine rings is 1. The maximum atomic E-state index is 13.6. The number of hydrogen-bond acceptors (Lipinski definition) is 5. The van der Waals surface area contributed by atoms with E-state index in [-0.39, 0.29) is 64.7 Å². The summed E-state index contributed by atoms with van der Waals surface area (Å²) in [7, 11) is 0. The van der Waals surface area contributed by atoms with Crippen LogP contribution in [0.15, 0.2) is 72.0 Å². The van der Waals surface area contributed by atoms with Gasteiger partial charge in [0.05, 0.1) is 0 Å². The summed E-state index contributed by atoms with van der Waals surface area (Å²) in [5, 5.41) is 3.55. The number of nitrogens with one attached hydrogen (secondary N) is 1. The molecule has 43 heavy (non-hydrogen) atoms. The van der Waals surface area contributed by atoms with Crippen LogP contribution in [0, 0.1) is 33.1 Å². The van der Waals surface area contributed by atoms with Crippen LogP contribution in [0.1, 0.15) is 75.1 Å². The number of carbonyl (C=O) groups excluding carboxylic acids is 1. The van der Waals surface area contributed by atoms with Crippen LogP contribution in [0.3, 0.4) is 0 Å². The Labute approximate surface area is 302 Å². The monoisotopic (exact) mass is 606 g/mol. The van der Waals surface area contributed by atoms with E-state index < -0.39 is 5.54 Å². The first-order valence-corrected chi connectivity index (χ1v) is 15.0. The zero-order valence-corrected chi connectivity index (χ0v) is 30.3. The summed E-state index contributed by atoms with van der Waals surface area (Å²) in [5.41, 5.74) is 11.9. The van der Waals surface area contributed by atoms with Crippen molar-refractivity contribution in [3.63, 3.8) is 0 Å². The van der Waals surface area contributed by atoms with Crippen molar-refractivity contribution in [2.45, 2.75) is 78.4 Å². The van der Waals surface area contributed by atoms with Crippen LogP contribution >= 0.6 is 0 Å². The van der Waals surface area contributed by atoms with Gasteiger partial charge in [-0.05, 0) is 65.8 Å². The van der Waals surface area contributed by atoms with Gasteiger partial charge in [-0.25, -0.2) is 4.99 Å². The Morgan fingerprint density at radius 2 is 1.81 bits per heavy atom. The number of amides is 1. The molecule has 6 nitrogen and oxygen atoms in total. The molecule has 2 heterocycles. The van der Waals surface area contributed by atoms with Crippen molar-refractivity contribution >= 4 is 11.9 Å². The molecule has 5 rings (SSSR count). The fourth-order valence-corrected chi connectivity index (χ4v) is 5.17. The number of aryl methyl sites for hydroxylation is 1. The van der Waals surface area contributed by atoms with E-state index >= 15 is 0 Å². The predicted octanol–water partition coefficient (Wildman–Crippen LogP) is 4.23. The number of benzene rings is 2. The Bertz CT molecular complexity index is 1340. The molecule has 7 heteroatoms. The minimum atomic E-state index is -1.04. The Kier molecular flexibility index (Phi) is 15.2. The van der Waals surface area contributed by atoms with E-state index in [0.717, 1.165) is 55.0 Å². The summed E-state index contributed by atoms with van der Waals surface area (Å²) >= 11 is 0. The van der Waals surface area contributed by atoms with E-state index in [1.165, 1.54) is 29.5 Å².